The van der Waals surface area contributed by atoms with Crippen molar-refractivity contribution < 1.29 is 14.3 Å². The molecule has 1 heterocycles. The van der Waals surface area contributed by atoms with E-state index in [9.17, 15) is 4.79 Å². The average Bonchev–Trinajstić information content (AvgIpc) is 3.09. The first kappa shape index (κ1) is 19.4. The maximum Gasteiger partial charge on any atom is 0.363 e. The predicted octanol–water partition coefficient (Wildman–Crippen LogP) is 6.03. The Morgan fingerprint density at radius 2 is 1.66 bits per heavy atom. The van der Waals surface area contributed by atoms with Crippen LogP contribution in [0.5, 0.6) is 5.75 Å². The summed E-state index contributed by atoms with van der Waals surface area (Å²) in [5.41, 5.74) is 2.85. The molecule has 6 heteroatoms. The zero-order valence-corrected chi connectivity index (χ0v) is 17.5. The molecule has 0 amide bonds. The second-order valence-electron chi connectivity index (χ2n) is 6.33. The summed E-state index contributed by atoms with van der Waals surface area (Å²) in [6.45, 7) is 0.481. The number of aliphatic imine (C=N–C) groups is 1. The van der Waals surface area contributed by atoms with Crippen LogP contribution in [0.1, 0.15) is 16.7 Å². The number of hydrogen-bond acceptors (Lipinski definition) is 4. The molecule has 144 valence electrons. The van der Waals surface area contributed by atoms with Gasteiger partial charge < -0.3 is 9.47 Å². The van der Waals surface area contributed by atoms with Crippen molar-refractivity contribution >= 4 is 45.5 Å². The number of carbonyl (C=O) groups is 1. The number of nitrogens with zero attached hydrogens (tertiary/aromatic N) is 1. The van der Waals surface area contributed by atoms with Gasteiger partial charge in [-0.25, -0.2) is 9.79 Å². The van der Waals surface area contributed by atoms with Crippen molar-refractivity contribution in [1.82, 2.24) is 0 Å². The van der Waals surface area contributed by atoms with E-state index >= 15 is 0 Å². The zero-order valence-electron chi connectivity index (χ0n) is 15.1. The van der Waals surface area contributed by atoms with Gasteiger partial charge in [-0.2, -0.15) is 0 Å². The van der Waals surface area contributed by atoms with Crippen LogP contribution in [0, 0.1) is 0 Å². The minimum atomic E-state index is -0.481. The Hall–Kier alpha value is -2.89. The highest BCUT2D eigenvalue weighted by molar-refractivity contribution is 9.10. The zero-order chi connectivity index (χ0) is 20.2. The van der Waals surface area contributed by atoms with Crippen LogP contribution in [0.2, 0.25) is 5.02 Å². The van der Waals surface area contributed by atoms with Crippen LogP contribution >= 0.6 is 27.5 Å². The molecular weight excluding hydrogens is 454 g/mol. The van der Waals surface area contributed by atoms with E-state index in [1.165, 1.54) is 0 Å². The van der Waals surface area contributed by atoms with Crippen molar-refractivity contribution in [1.29, 1.82) is 0 Å². The summed E-state index contributed by atoms with van der Waals surface area (Å²) in [6.07, 6.45) is 1.68. The lowest BCUT2D eigenvalue weighted by atomic mass is 10.2. The van der Waals surface area contributed by atoms with Crippen LogP contribution in [-0.4, -0.2) is 11.9 Å². The lowest BCUT2D eigenvalue weighted by Crippen LogP contribution is -2.05. The van der Waals surface area contributed by atoms with E-state index in [1.807, 2.05) is 48.5 Å². The van der Waals surface area contributed by atoms with Gasteiger partial charge in [0.1, 0.15) is 12.4 Å². The van der Waals surface area contributed by atoms with Crippen LogP contribution in [0.25, 0.3) is 6.08 Å². The molecule has 0 saturated carbocycles. The van der Waals surface area contributed by atoms with Gasteiger partial charge >= 0.3 is 5.97 Å². The summed E-state index contributed by atoms with van der Waals surface area (Å²) in [5.74, 6) is 0.535. The predicted molar refractivity (Wildman–Crippen MR) is 117 cm³/mol. The molecule has 0 unspecified atom stereocenters. The van der Waals surface area contributed by atoms with Crippen molar-refractivity contribution in [2.45, 2.75) is 6.61 Å². The van der Waals surface area contributed by atoms with E-state index in [0.717, 1.165) is 21.3 Å². The molecule has 0 saturated heterocycles. The maximum absolute atomic E-state index is 12.1. The molecule has 29 heavy (non-hydrogen) atoms. The second-order valence-corrected chi connectivity index (χ2v) is 7.68. The third kappa shape index (κ3) is 4.94. The maximum atomic E-state index is 12.1. The molecule has 0 atom stereocenters. The van der Waals surface area contributed by atoms with E-state index in [1.54, 1.807) is 30.3 Å². The molecule has 4 nitrogen and oxygen atoms in total. The molecule has 1 aliphatic heterocycles. The number of esters is 1. The molecule has 0 aliphatic carbocycles. The molecule has 0 fully saturated rings. The highest BCUT2D eigenvalue weighted by Crippen LogP contribution is 2.22. The Kier molecular flexibility index (Phi) is 5.79. The number of cyclic esters (lactones) is 1. The van der Waals surface area contributed by atoms with Crippen LogP contribution < -0.4 is 4.74 Å². The van der Waals surface area contributed by atoms with Crippen LogP contribution in [-0.2, 0) is 16.1 Å². The van der Waals surface area contributed by atoms with Crippen molar-refractivity contribution in [2.24, 2.45) is 4.99 Å². The first-order valence-corrected chi connectivity index (χ1v) is 10.00. The normalized spacial score (nSPS) is 14.6. The van der Waals surface area contributed by atoms with Gasteiger partial charge in [0.05, 0.1) is 0 Å². The third-order valence-electron chi connectivity index (χ3n) is 4.21. The quantitative estimate of drug-likeness (QED) is 0.339. The van der Waals surface area contributed by atoms with Crippen molar-refractivity contribution in [3.8, 4) is 5.75 Å². The lowest BCUT2D eigenvalue weighted by Gasteiger charge is -2.06. The average molecular weight is 469 g/mol. The summed E-state index contributed by atoms with van der Waals surface area (Å²) in [5, 5.41) is 0.608. The number of ether oxygens (including phenoxy) is 2. The van der Waals surface area contributed by atoms with Gasteiger partial charge in [-0.1, -0.05) is 51.8 Å². The SMILES string of the molecule is O=C1OC(c2ccc(Cl)cc2)=N/C1=C/c1ccc(OCc2ccc(Br)cc2)cc1. The molecule has 3 aromatic rings. The summed E-state index contributed by atoms with van der Waals surface area (Å²) in [4.78, 5) is 16.4. The van der Waals surface area contributed by atoms with E-state index in [0.29, 0.717) is 17.2 Å². The molecule has 3 aromatic carbocycles. The number of rotatable bonds is 5. The largest absolute Gasteiger partial charge is 0.489 e. The number of hydrogen-bond donors (Lipinski definition) is 0. The fraction of sp³-hybridized carbons (Fsp3) is 0.0435. The van der Waals surface area contributed by atoms with Gasteiger partial charge in [-0.3, -0.25) is 0 Å². The number of halogens is 2. The van der Waals surface area contributed by atoms with Gasteiger partial charge in [-0.15, -0.1) is 0 Å². The van der Waals surface area contributed by atoms with Gasteiger partial charge in [-0.05, 0) is 65.7 Å². The Labute approximate surface area is 181 Å². The Bertz CT molecular complexity index is 1090. The molecule has 0 bridgehead atoms. The third-order valence-corrected chi connectivity index (χ3v) is 4.99. The highest BCUT2D eigenvalue weighted by atomic mass is 79.9. The first-order valence-electron chi connectivity index (χ1n) is 8.83. The Morgan fingerprint density at radius 1 is 0.966 bits per heavy atom. The molecular formula is C23H15BrClNO3. The van der Waals surface area contributed by atoms with Crippen molar-refractivity contribution in [3.05, 3.63) is 105 Å². The van der Waals surface area contributed by atoms with Gasteiger partial charge in [0.2, 0.25) is 5.90 Å². The van der Waals surface area contributed by atoms with Gasteiger partial charge in [0.25, 0.3) is 0 Å². The fourth-order valence-electron chi connectivity index (χ4n) is 2.69. The van der Waals surface area contributed by atoms with Crippen LogP contribution in [0.4, 0.5) is 0 Å². The molecule has 0 spiro atoms. The summed E-state index contributed by atoms with van der Waals surface area (Å²) < 4.78 is 12.1. The molecule has 4 rings (SSSR count). The fourth-order valence-corrected chi connectivity index (χ4v) is 3.08. The number of carbonyl (C=O) groups excluding carboxylic acids is 1. The summed E-state index contributed by atoms with van der Waals surface area (Å²) in [6, 6.07) is 22.4. The molecule has 0 radical (unpaired) electrons. The topological polar surface area (TPSA) is 47.9 Å². The van der Waals surface area contributed by atoms with Gasteiger partial charge in [0.15, 0.2) is 5.70 Å². The summed E-state index contributed by atoms with van der Waals surface area (Å²) >= 11 is 9.30. The van der Waals surface area contributed by atoms with Gasteiger partial charge in [0, 0.05) is 15.1 Å². The van der Waals surface area contributed by atoms with E-state index in [2.05, 4.69) is 20.9 Å². The molecule has 1 aliphatic rings. The van der Waals surface area contributed by atoms with Crippen LogP contribution in [0.15, 0.2) is 88.0 Å². The van der Waals surface area contributed by atoms with E-state index < -0.39 is 5.97 Å². The van der Waals surface area contributed by atoms with E-state index in [-0.39, 0.29) is 11.6 Å². The van der Waals surface area contributed by atoms with Crippen molar-refractivity contribution in [2.75, 3.05) is 0 Å². The Morgan fingerprint density at radius 3 is 2.34 bits per heavy atom. The standard InChI is InChI=1S/C23H15BrClNO3/c24-18-7-1-16(2-8-18)14-28-20-11-3-15(4-12-20)13-21-23(27)29-22(26-21)17-5-9-19(25)10-6-17/h1-13H,14H2/b21-13+. The minimum Gasteiger partial charge on any atom is -0.489 e. The van der Waals surface area contributed by atoms with Crippen molar-refractivity contribution in [3.63, 3.8) is 0 Å². The molecule has 0 N–H and O–H groups in total. The first-order chi connectivity index (χ1) is 14.1. The smallest absolute Gasteiger partial charge is 0.363 e. The van der Waals surface area contributed by atoms with E-state index in [4.69, 9.17) is 21.1 Å². The van der Waals surface area contributed by atoms with Crippen LogP contribution in [0.3, 0.4) is 0 Å². The summed E-state index contributed by atoms with van der Waals surface area (Å²) in [7, 11) is 0. The molecule has 0 aromatic heterocycles. The highest BCUT2D eigenvalue weighted by Gasteiger charge is 2.24. The second kappa shape index (κ2) is 8.64. The number of benzene rings is 3. The monoisotopic (exact) mass is 467 g/mol. The lowest BCUT2D eigenvalue weighted by molar-refractivity contribution is -0.129. The Balaban J connectivity index is 1.44. The minimum absolute atomic E-state index is 0.249.